The van der Waals surface area contributed by atoms with Crippen LogP contribution in [0.2, 0.25) is 0 Å². The molecule has 4 aliphatic carbocycles. The highest BCUT2D eigenvalue weighted by Gasteiger charge is 2.52. The molecule has 31 heavy (non-hydrogen) atoms. The number of nitrogens with one attached hydrogen (secondary N) is 1. The molecule has 0 aliphatic heterocycles. The van der Waals surface area contributed by atoms with E-state index in [9.17, 15) is 0 Å². The first-order valence-corrected chi connectivity index (χ1v) is 12.6. The average Bonchev–Trinajstić information content (AvgIpc) is 2.76. The molecule has 0 heterocycles. The molecular formula is C27H34BrNO2. The summed E-state index contributed by atoms with van der Waals surface area (Å²) in [6.07, 6.45) is 8.81. The molecule has 4 aliphatic rings. The predicted octanol–water partition coefficient (Wildman–Crippen LogP) is 6.73. The number of rotatable bonds is 8. The number of benzene rings is 2. The van der Waals surface area contributed by atoms with E-state index in [1.54, 1.807) is 7.11 Å². The third kappa shape index (κ3) is 4.39. The van der Waals surface area contributed by atoms with Crippen LogP contribution in [0.25, 0.3) is 0 Å². The molecule has 3 nitrogen and oxygen atoms in total. The molecule has 1 N–H and O–H groups in total. The van der Waals surface area contributed by atoms with Crippen LogP contribution in [0.1, 0.15) is 56.6 Å². The van der Waals surface area contributed by atoms with Crippen molar-refractivity contribution in [2.24, 2.45) is 23.2 Å². The first kappa shape index (κ1) is 21.3. The maximum atomic E-state index is 6.10. The molecule has 2 aromatic carbocycles. The van der Waals surface area contributed by atoms with Crippen molar-refractivity contribution in [1.29, 1.82) is 0 Å². The van der Waals surface area contributed by atoms with E-state index in [0.717, 1.165) is 45.8 Å². The summed E-state index contributed by atoms with van der Waals surface area (Å²) < 4.78 is 12.7. The van der Waals surface area contributed by atoms with Gasteiger partial charge in [0.2, 0.25) is 0 Å². The van der Waals surface area contributed by atoms with E-state index >= 15 is 0 Å². The quantitative estimate of drug-likeness (QED) is 0.451. The summed E-state index contributed by atoms with van der Waals surface area (Å²) in [4.78, 5) is 0. The molecule has 0 amide bonds. The highest BCUT2D eigenvalue weighted by molar-refractivity contribution is 9.10. The van der Waals surface area contributed by atoms with Gasteiger partial charge in [0.15, 0.2) is 11.5 Å². The molecule has 166 valence electrons. The van der Waals surface area contributed by atoms with Crippen LogP contribution < -0.4 is 14.8 Å². The molecule has 0 unspecified atom stereocenters. The van der Waals surface area contributed by atoms with Crippen LogP contribution in [0.15, 0.2) is 46.9 Å². The van der Waals surface area contributed by atoms with Crippen molar-refractivity contribution in [2.75, 3.05) is 7.11 Å². The third-order valence-corrected chi connectivity index (χ3v) is 8.72. The summed E-state index contributed by atoms with van der Waals surface area (Å²) in [7, 11) is 1.71. The summed E-state index contributed by atoms with van der Waals surface area (Å²) in [5, 5.41) is 3.89. The third-order valence-electron chi connectivity index (χ3n) is 8.13. The highest BCUT2D eigenvalue weighted by atomic mass is 79.9. The van der Waals surface area contributed by atoms with Crippen molar-refractivity contribution in [1.82, 2.24) is 5.32 Å². The van der Waals surface area contributed by atoms with E-state index in [4.69, 9.17) is 9.47 Å². The lowest BCUT2D eigenvalue weighted by atomic mass is 9.48. The molecule has 0 saturated heterocycles. The number of methoxy groups -OCH3 is 1. The molecule has 4 bridgehead atoms. The fourth-order valence-electron chi connectivity index (χ4n) is 6.94. The molecule has 4 heteroatoms. The molecule has 1 atom stereocenters. The lowest BCUT2D eigenvalue weighted by molar-refractivity contribution is -0.0706. The van der Waals surface area contributed by atoms with Gasteiger partial charge in [-0.15, -0.1) is 0 Å². The normalized spacial score (nSPS) is 29.7. The van der Waals surface area contributed by atoms with Crippen molar-refractivity contribution in [3.63, 3.8) is 0 Å². The van der Waals surface area contributed by atoms with Gasteiger partial charge in [0.25, 0.3) is 0 Å². The maximum Gasteiger partial charge on any atom is 0.175 e. The number of halogens is 1. The van der Waals surface area contributed by atoms with Crippen molar-refractivity contribution in [3.8, 4) is 11.5 Å². The smallest absolute Gasteiger partial charge is 0.175 e. The van der Waals surface area contributed by atoms with E-state index in [1.807, 2.05) is 18.2 Å². The summed E-state index contributed by atoms with van der Waals surface area (Å²) in [6, 6.07) is 15.1. The summed E-state index contributed by atoms with van der Waals surface area (Å²) >= 11 is 3.72. The Hall–Kier alpha value is -1.52. The van der Waals surface area contributed by atoms with Gasteiger partial charge in [-0.25, -0.2) is 0 Å². The largest absolute Gasteiger partial charge is 0.493 e. The van der Waals surface area contributed by atoms with Gasteiger partial charge in [0.1, 0.15) is 6.61 Å². The average molecular weight is 484 g/mol. The zero-order valence-corrected chi connectivity index (χ0v) is 20.3. The maximum absolute atomic E-state index is 6.10. The second-order valence-corrected chi connectivity index (χ2v) is 11.1. The molecule has 6 rings (SSSR count). The second-order valence-electron chi connectivity index (χ2n) is 10.3. The van der Waals surface area contributed by atoms with E-state index in [1.165, 1.54) is 44.1 Å². The van der Waals surface area contributed by atoms with Crippen LogP contribution in [0.4, 0.5) is 0 Å². The first-order chi connectivity index (χ1) is 15.0. The minimum absolute atomic E-state index is 0.523. The first-order valence-electron chi connectivity index (χ1n) is 11.8. The van der Waals surface area contributed by atoms with Crippen molar-refractivity contribution in [3.05, 3.63) is 58.1 Å². The lowest BCUT2D eigenvalue weighted by Gasteiger charge is -2.59. The van der Waals surface area contributed by atoms with Crippen LogP contribution in [-0.4, -0.2) is 13.2 Å². The zero-order chi connectivity index (χ0) is 21.4. The van der Waals surface area contributed by atoms with Gasteiger partial charge in [0, 0.05) is 12.6 Å². The predicted molar refractivity (Wildman–Crippen MR) is 128 cm³/mol. The Morgan fingerprint density at radius 2 is 1.65 bits per heavy atom. The number of ether oxygens (including phenoxy) is 2. The fraction of sp³-hybridized carbons (Fsp3) is 0.556. The molecule has 0 aromatic heterocycles. The summed E-state index contributed by atoms with van der Waals surface area (Å²) in [5.74, 6) is 4.52. The molecule has 0 spiro atoms. The lowest BCUT2D eigenvalue weighted by Crippen LogP contribution is -2.54. The van der Waals surface area contributed by atoms with Crippen LogP contribution in [0.3, 0.4) is 0 Å². The number of hydrogen-bond donors (Lipinski definition) is 1. The zero-order valence-electron chi connectivity index (χ0n) is 18.7. The Balaban J connectivity index is 1.25. The Morgan fingerprint density at radius 3 is 2.26 bits per heavy atom. The van der Waals surface area contributed by atoms with Gasteiger partial charge in [0.05, 0.1) is 11.6 Å². The molecular weight excluding hydrogens is 450 g/mol. The van der Waals surface area contributed by atoms with E-state index in [0.29, 0.717) is 18.1 Å². The topological polar surface area (TPSA) is 30.5 Å². The highest BCUT2D eigenvalue weighted by Crippen LogP contribution is 2.61. The molecule has 4 saturated carbocycles. The van der Waals surface area contributed by atoms with Crippen molar-refractivity contribution >= 4 is 15.9 Å². The van der Waals surface area contributed by atoms with Gasteiger partial charge < -0.3 is 14.8 Å². The van der Waals surface area contributed by atoms with Gasteiger partial charge >= 0.3 is 0 Å². The van der Waals surface area contributed by atoms with Gasteiger partial charge in [-0.1, -0.05) is 30.3 Å². The fourth-order valence-corrected chi connectivity index (χ4v) is 7.54. The van der Waals surface area contributed by atoms with Crippen molar-refractivity contribution < 1.29 is 9.47 Å². The Labute approximate surface area is 195 Å². The van der Waals surface area contributed by atoms with Crippen LogP contribution in [0, 0.1) is 23.2 Å². The van der Waals surface area contributed by atoms with Gasteiger partial charge in [-0.05, 0) is 108 Å². The van der Waals surface area contributed by atoms with E-state index in [2.05, 4.69) is 52.4 Å². The van der Waals surface area contributed by atoms with Crippen molar-refractivity contribution in [2.45, 2.75) is 64.6 Å². The molecule has 2 aromatic rings. The molecule has 0 radical (unpaired) electrons. The van der Waals surface area contributed by atoms with E-state index < -0.39 is 0 Å². The summed E-state index contributed by atoms with van der Waals surface area (Å²) in [5.41, 5.74) is 2.90. The summed E-state index contributed by atoms with van der Waals surface area (Å²) in [6.45, 7) is 3.81. The second kappa shape index (κ2) is 8.78. The van der Waals surface area contributed by atoms with Gasteiger partial charge in [-0.3, -0.25) is 0 Å². The van der Waals surface area contributed by atoms with E-state index in [-0.39, 0.29) is 0 Å². The Morgan fingerprint density at radius 1 is 1.00 bits per heavy atom. The SMILES string of the molecule is COc1cc(CN[C@H](C)C23CC4CC(CC(C4)C2)C3)cc(Br)c1OCc1ccccc1. The minimum Gasteiger partial charge on any atom is -0.493 e. The van der Waals surface area contributed by atoms with Crippen LogP contribution in [-0.2, 0) is 13.2 Å². The Kier molecular flexibility index (Phi) is 6.04. The van der Waals surface area contributed by atoms with Gasteiger partial charge in [-0.2, -0.15) is 0 Å². The standard InChI is InChI=1S/C27H34BrNO2/c1-18(27-13-20-8-21(14-27)10-22(9-20)15-27)29-16-23-11-24(28)26(25(12-23)30-2)31-17-19-6-4-3-5-7-19/h3-7,11-12,18,20-22,29H,8-10,13-17H2,1-2H3/t18-,20?,21?,22?,27?/m1/s1. The Bertz CT molecular complexity index is 878. The monoisotopic (exact) mass is 483 g/mol. The number of hydrogen-bond acceptors (Lipinski definition) is 3. The molecule has 4 fully saturated rings. The van der Waals surface area contributed by atoms with Crippen LogP contribution in [0.5, 0.6) is 11.5 Å². The minimum atomic E-state index is 0.523. The van der Waals surface area contributed by atoms with Crippen LogP contribution >= 0.6 is 15.9 Å².